The van der Waals surface area contributed by atoms with Crippen LogP contribution in [0.3, 0.4) is 0 Å². The van der Waals surface area contributed by atoms with Gasteiger partial charge >= 0.3 is 0 Å². The van der Waals surface area contributed by atoms with Crippen LogP contribution >= 0.6 is 0 Å². The van der Waals surface area contributed by atoms with Crippen molar-refractivity contribution >= 4 is 33.2 Å². The Bertz CT molecular complexity index is 1410. The van der Waals surface area contributed by atoms with Crippen LogP contribution in [0.2, 0.25) is 0 Å². The highest BCUT2D eigenvalue weighted by atomic mass is 32.2. The van der Waals surface area contributed by atoms with Gasteiger partial charge in [0.05, 0.1) is 15.6 Å². The zero-order valence-electron chi connectivity index (χ0n) is 24.5. The molecule has 1 spiro atoms. The number of piperidine rings is 1. The number of nitrogens with zero attached hydrogens (tertiary/aromatic N) is 4. The molecule has 40 heavy (non-hydrogen) atoms. The fourth-order valence-corrected chi connectivity index (χ4v) is 9.52. The molecule has 4 aliphatic rings. The summed E-state index contributed by atoms with van der Waals surface area (Å²) in [5.74, 6) is 1.21. The third-order valence-electron chi connectivity index (χ3n) is 10.2. The number of likely N-dealkylation sites (tertiary alicyclic amines) is 1. The molecule has 9 heteroatoms. The van der Waals surface area contributed by atoms with Crippen molar-refractivity contribution in [3.05, 3.63) is 35.5 Å². The summed E-state index contributed by atoms with van der Waals surface area (Å²) in [5, 5.41) is 3.00. The van der Waals surface area contributed by atoms with E-state index in [0.29, 0.717) is 22.7 Å². The fourth-order valence-electron chi connectivity index (χ4n) is 7.39. The van der Waals surface area contributed by atoms with E-state index >= 15 is 0 Å². The van der Waals surface area contributed by atoms with Gasteiger partial charge in [0.1, 0.15) is 5.82 Å². The number of sulfone groups is 1. The van der Waals surface area contributed by atoms with Crippen molar-refractivity contribution in [3.63, 3.8) is 0 Å². The number of aromatic nitrogens is 2. The Kier molecular flexibility index (Phi) is 6.77. The van der Waals surface area contributed by atoms with Crippen LogP contribution < -0.4 is 10.2 Å². The van der Waals surface area contributed by atoms with Crippen LogP contribution in [0.4, 0.5) is 17.5 Å². The van der Waals surface area contributed by atoms with Crippen LogP contribution in [0.5, 0.6) is 0 Å². The average molecular weight is 566 g/mol. The molecule has 2 aliphatic carbocycles. The monoisotopic (exact) mass is 565 g/mol. The van der Waals surface area contributed by atoms with Gasteiger partial charge in [-0.25, -0.2) is 13.4 Å². The molecule has 1 aromatic heterocycles. The molecule has 0 radical (unpaired) electrons. The Hall–Kier alpha value is -2.52. The van der Waals surface area contributed by atoms with Crippen molar-refractivity contribution in [1.29, 1.82) is 0 Å². The topological polar surface area (TPSA) is 95.5 Å². The minimum atomic E-state index is -3.38. The molecule has 1 N–H and O–H groups in total. The SMILES string of the molecule is Cc1cc(S(=O)(=O)C2CC3(CCN(C(C)C)CC3)C2)ccc1Nc1ncc2c(n1)N(C1CCCC1)C(=O)C2(C)C. The maximum absolute atomic E-state index is 13.5. The zero-order chi connectivity index (χ0) is 28.4. The van der Waals surface area contributed by atoms with Gasteiger partial charge in [0.15, 0.2) is 9.84 Å². The molecular formula is C31H43N5O3S. The third-order valence-corrected chi connectivity index (χ3v) is 12.4. The fraction of sp³-hybridized carbons (Fsp3) is 0.645. The molecule has 1 aromatic carbocycles. The van der Waals surface area contributed by atoms with E-state index in [2.05, 4.69) is 29.0 Å². The lowest BCUT2D eigenvalue weighted by atomic mass is 9.63. The molecule has 0 unspecified atom stereocenters. The molecule has 3 heterocycles. The maximum atomic E-state index is 13.5. The number of hydrogen-bond donors (Lipinski definition) is 1. The van der Waals surface area contributed by atoms with Crippen LogP contribution in [-0.2, 0) is 20.0 Å². The second-order valence-corrected chi connectivity index (χ2v) is 15.7. The van der Waals surface area contributed by atoms with E-state index in [1.165, 1.54) is 0 Å². The van der Waals surface area contributed by atoms with Crippen LogP contribution in [0.1, 0.15) is 90.2 Å². The molecule has 6 rings (SSSR count). The first kappa shape index (κ1) is 27.6. The van der Waals surface area contributed by atoms with Gasteiger partial charge in [-0.05, 0) is 115 Å². The number of fused-ring (bicyclic) bond motifs is 1. The highest BCUT2D eigenvalue weighted by Crippen LogP contribution is 2.53. The zero-order valence-corrected chi connectivity index (χ0v) is 25.4. The summed E-state index contributed by atoms with van der Waals surface area (Å²) < 4.78 is 27.0. The first-order valence-electron chi connectivity index (χ1n) is 15.0. The first-order chi connectivity index (χ1) is 18.9. The van der Waals surface area contributed by atoms with Crippen molar-refractivity contribution in [2.24, 2.45) is 5.41 Å². The van der Waals surface area contributed by atoms with Gasteiger partial charge in [-0.1, -0.05) is 12.8 Å². The molecule has 0 atom stereocenters. The summed E-state index contributed by atoms with van der Waals surface area (Å²) in [6.07, 6.45) is 9.78. The van der Waals surface area contributed by atoms with Crippen molar-refractivity contribution < 1.29 is 13.2 Å². The number of nitrogens with one attached hydrogen (secondary N) is 1. The van der Waals surface area contributed by atoms with Crippen LogP contribution in [-0.4, -0.2) is 59.6 Å². The van der Waals surface area contributed by atoms with Crippen LogP contribution in [0, 0.1) is 12.3 Å². The van der Waals surface area contributed by atoms with Crippen LogP contribution in [0.25, 0.3) is 0 Å². The molecule has 0 bridgehead atoms. The Morgan fingerprint density at radius 2 is 1.75 bits per heavy atom. The lowest BCUT2D eigenvalue weighted by Gasteiger charge is -2.52. The number of rotatable bonds is 6. The van der Waals surface area contributed by atoms with Crippen molar-refractivity contribution in [2.75, 3.05) is 23.3 Å². The summed E-state index contributed by atoms with van der Waals surface area (Å²) in [6, 6.07) is 6.04. The van der Waals surface area contributed by atoms with E-state index in [1.54, 1.807) is 18.3 Å². The number of anilines is 3. The highest BCUT2D eigenvalue weighted by Gasteiger charge is 2.51. The maximum Gasteiger partial charge on any atom is 0.238 e. The standard InChI is InChI=1S/C31H43N5O3S/c1-20(2)35-14-12-31(13-15-35)17-24(18-31)40(38,39)23-10-11-26(21(3)16-23)33-29-32-19-25-27(34-29)36(22-8-6-7-9-22)28(37)30(25,4)5/h10-11,16,19-20,22,24H,6-9,12-15,17-18H2,1-5H3,(H,32,33,34). The Morgan fingerprint density at radius 3 is 2.38 bits per heavy atom. The van der Waals surface area contributed by atoms with E-state index in [-0.39, 0.29) is 22.6 Å². The largest absolute Gasteiger partial charge is 0.324 e. The number of hydrogen-bond acceptors (Lipinski definition) is 7. The van der Waals surface area contributed by atoms with E-state index < -0.39 is 15.3 Å². The molecule has 1 saturated heterocycles. The summed E-state index contributed by atoms with van der Waals surface area (Å²) >= 11 is 0. The van der Waals surface area contributed by atoms with Gasteiger partial charge in [-0.2, -0.15) is 4.98 Å². The van der Waals surface area contributed by atoms with Gasteiger partial charge in [-0.15, -0.1) is 0 Å². The normalized spacial score (nSPS) is 23.1. The minimum absolute atomic E-state index is 0.0924. The van der Waals surface area contributed by atoms with Gasteiger partial charge in [0, 0.05) is 29.5 Å². The van der Waals surface area contributed by atoms with Crippen molar-refractivity contribution in [1.82, 2.24) is 14.9 Å². The Morgan fingerprint density at radius 1 is 1.07 bits per heavy atom. The van der Waals surface area contributed by atoms with Crippen LogP contribution in [0.15, 0.2) is 29.3 Å². The quantitative estimate of drug-likeness (QED) is 0.493. The predicted octanol–water partition coefficient (Wildman–Crippen LogP) is 5.52. The summed E-state index contributed by atoms with van der Waals surface area (Å²) in [6.45, 7) is 12.4. The minimum Gasteiger partial charge on any atom is -0.324 e. The molecule has 216 valence electrons. The third kappa shape index (κ3) is 4.53. The van der Waals surface area contributed by atoms with Crippen molar-refractivity contribution in [3.8, 4) is 0 Å². The van der Waals surface area contributed by atoms with E-state index in [0.717, 1.165) is 81.3 Å². The number of carbonyl (C=O) groups is 1. The van der Waals surface area contributed by atoms with E-state index in [1.807, 2.05) is 31.7 Å². The molecule has 3 fully saturated rings. The molecule has 1 amide bonds. The summed E-state index contributed by atoms with van der Waals surface area (Å²) in [7, 11) is -3.38. The highest BCUT2D eigenvalue weighted by molar-refractivity contribution is 7.92. The molecule has 2 aliphatic heterocycles. The molecular weight excluding hydrogens is 522 g/mol. The second-order valence-electron chi connectivity index (χ2n) is 13.5. The average Bonchev–Trinajstić information content (AvgIpc) is 3.48. The van der Waals surface area contributed by atoms with E-state index in [4.69, 9.17) is 4.98 Å². The summed E-state index contributed by atoms with van der Waals surface area (Å²) in [4.78, 5) is 27.5. The Labute approximate surface area is 238 Å². The smallest absolute Gasteiger partial charge is 0.238 e. The van der Waals surface area contributed by atoms with Gasteiger partial charge < -0.3 is 10.2 Å². The number of benzene rings is 1. The predicted molar refractivity (Wildman–Crippen MR) is 158 cm³/mol. The van der Waals surface area contributed by atoms with Gasteiger partial charge in [-0.3, -0.25) is 9.69 Å². The number of amides is 1. The van der Waals surface area contributed by atoms with Gasteiger partial charge in [0.25, 0.3) is 0 Å². The number of carbonyl (C=O) groups excluding carboxylic acids is 1. The molecule has 2 saturated carbocycles. The second kappa shape index (κ2) is 9.79. The Balaban J connectivity index is 1.17. The van der Waals surface area contributed by atoms with E-state index in [9.17, 15) is 13.2 Å². The first-order valence-corrected chi connectivity index (χ1v) is 16.5. The lowest BCUT2D eigenvalue weighted by molar-refractivity contribution is -0.122. The summed E-state index contributed by atoms with van der Waals surface area (Å²) in [5.41, 5.74) is 2.01. The number of aryl methyl sites for hydroxylation is 1. The molecule has 8 nitrogen and oxygen atoms in total. The van der Waals surface area contributed by atoms with Gasteiger partial charge in [0.2, 0.25) is 11.9 Å². The molecule has 2 aromatic rings. The van der Waals surface area contributed by atoms with Crippen molar-refractivity contribution in [2.45, 2.75) is 114 Å². The lowest BCUT2D eigenvalue weighted by Crippen LogP contribution is -2.52.